The van der Waals surface area contributed by atoms with Crippen molar-refractivity contribution >= 4 is 27.5 Å². The smallest absolute Gasteiger partial charge is 0.299 e. The van der Waals surface area contributed by atoms with Gasteiger partial charge in [-0.25, -0.2) is 0 Å². The second-order valence-corrected chi connectivity index (χ2v) is 7.24. The summed E-state index contributed by atoms with van der Waals surface area (Å²) in [7, 11) is -3.59. The molecule has 2 rings (SSSR count). The molecule has 1 aliphatic rings. The quantitative estimate of drug-likeness (QED) is 0.805. The number of fused-ring (bicyclic) bond motifs is 1. The fourth-order valence-electron chi connectivity index (χ4n) is 2.50. The van der Waals surface area contributed by atoms with Crippen LogP contribution in [0, 0.1) is 0 Å². The van der Waals surface area contributed by atoms with Crippen molar-refractivity contribution in [2.45, 2.75) is 46.1 Å². The van der Waals surface area contributed by atoms with Gasteiger partial charge in [-0.1, -0.05) is 13.3 Å². The summed E-state index contributed by atoms with van der Waals surface area (Å²) >= 11 is 0. The molecule has 2 N–H and O–H groups in total. The molecule has 0 radical (unpaired) electrons. The van der Waals surface area contributed by atoms with E-state index in [4.69, 9.17) is 0 Å². The maximum absolute atomic E-state index is 12.1. The van der Waals surface area contributed by atoms with Crippen LogP contribution in [0.15, 0.2) is 18.2 Å². The van der Waals surface area contributed by atoms with Crippen LogP contribution in [-0.2, 0) is 21.4 Å². The van der Waals surface area contributed by atoms with Crippen LogP contribution < -0.4 is 14.3 Å². The summed E-state index contributed by atoms with van der Waals surface area (Å²) in [6.45, 7) is 6.31. The largest absolute Gasteiger partial charge is 0.312 e. The Kier molecular flexibility index (Phi) is 5.08. The molecule has 0 spiro atoms. The van der Waals surface area contributed by atoms with Gasteiger partial charge in [0.25, 0.3) is 10.2 Å². The van der Waals surface area contributed by atoms with Gasteiger partial charge in [-0.2, -0.15) is 13.1 Å². The third-order valence-electron chi connectivity index (χ3n) is 3.39. The highest BCUT2D eigenvalue weighted by Gasteiger charge is 2.27. The predicted octanol–water partition coefficient (Wildman–Crippen LogP) is 2.03. The SMILES string of the molecule is CCCCN1C(=O)Cc2cc(NS(=O)(=O)NC(C)C)ccc21. The highest BCUT2D eigenvalue weighted by atomic mass is 32.2. The molecule has 0 aliphatic carbocycles. The molecule has 6 nitrogen and oxygen atoms in total. The number of carbonyl (C=O) groups excluding carboxylic acids is 1. The summed E-state index contributed by atoms with van der Waals surface area (Å²) in [4.78, 5) is 13.8. The molecule has 0 aromatic heterocycles. The van der Waals surface area contributed by atoms with E-state index in [1.165, 1.54) is 0 Å². The zero-order chi connectivity index (χ0) is 16.3. The second-order valence-electron chi connectivity index (χ2n) is 5.80. The minimum Gasteiger partial charge on any atom is -0.312 e. The van der Waals surface area contributed by atoms with Crippen molar-refractivity contribution in [3.05, 3.63) is 23.8 Å². The molecule has 0 saturated carbocycles. The van der Waals surface area contributed by atoms with E-state index < -0.39 is 10.2 Å². The van der Waals surface area contributed by atoms with Gasteiger partial charge in [0.05, 0.1) is 12.1 Å². The van der Waals surface area contributed by atoms with Crippen molar-refractivity contribution in [2.75, 3.05) is 16.2 Å². The number of benzene rings is 1. The van der Waals surface area contributed by atoms with Crippen molar-refractivity contribution in [2.24, 2.45) is 0 Å². The molecule has 1 heterocycles. The Morgan fingerprint density at radius 2 is 2.05 bits per heavy atom. The number of rotatable bonds is 7. The Hall–Kier alpha value is -1.60. The van der Waals surface area contributed by atoms with Gasteiger partial charge in [-0.05, 0) is 44.0 Å². The molecule has 0 atom stereocenters. The summed E-state index contributed by atoms with van der Waals surface area (Å²) in [6.07, 6.45) is 2.31. The molecular weight excluding hydrogens is 302 g/mol. The lowest BCUT2D eigenvalue weighted by Crippen LogP contribution is -2.35. The second kappa shape index (κ2) is 6.66. The van der Waals surface area contributed by atoms with E-state index >= 15 is 0 Å². The van der Waals surface area contributed by atoms with Crippen LogP contribution in [-0.4, -0.2) is 26.9 Å². The highest BCUT2D eigenvalue weighted by Crippen LogP contribution is 2.31. The normalized spacial score (nSPS) is 14.5. The third kappa shape index (κ3) is 3.98. The number of hydrogen-bond acceptors (Lipinski definition) is 3. The number of hydrogen-bond donors (Lipinski definition) is 2. The van der Waals surface area contributed by atoms with Gasteiger partial charge in [-0.15, -0.1) is 0 Å². The molecule has 0 saturated heterocycles. The molecule has 22 heavy (non-hydrogen) atoms. The monoisotopic (exact) mass is 325 g/mol. The van der Waals surface area contributed by atoms with Crippen molar-refractivity contribution in [3.63, 3.8) is 0 Å². The standard InChI is InChI=1S/C15H23N3O3S/c1-4-5-8-18-14-7-6-13(9-12(14)10-15(18)19)17-22(20,21)16-11(2)3/h6-7,9,11,16-17H,4-5,8,10H2,1-3H3. The van der Waals surface area contributed by atoms with E-state index in [-0.39, 0.29) is 11.9 Å². The lowest BCUT2D eigenvalue weighted by Gasteiger charge is -2.17. The molecule has 1 amide bonds. The minimum absolute atomic E-state index is 0.0729. The molecule has 1 aromatic rings. The van der Waals surface area contributed by atoms with Crippen molar-refractivity contribution in [3.8, 4) is 0 Å². The molecular formula is C15H23N3O3S. The summed E-state index contributed by atoms with van der Waals surface area (Å²) < 4.78 is 28.7. The Bertz CT molecular complexity index is 656. The molecule has 1 aromatic carbocycles. The highest BCUT2D eigenvalue weighted by molar-refractivity contribution is 7.90. The lowest BCUT2D eigenvalue weighted by molar-refractivity contribution is -0.117. The van der Waals surface area contributed by atoms with Crippen LogP contribution in [0.3, 0.4) is 0 Å². The van der Waals surface area contributed by atoms with Crippen LogP contribution in [0.4, 0.5) is 11.4 Å². The van der Waals surface area contributed by atoms with E-state index in [1.807, 2.05) is 6.07 Å². The van der Waals surface area contributed by atoms with Gasteiger partial charge < -0.3 is 4.90 Å². The average Bonchev–Trinajstić information content (AvgIpc) is 2.69. The predicted molar refractivity (Wildman–Crippen MR) is 88.2 cm³/mol. The van der Waals surface area contributed by atoms with Gasteiger partial charge in [0.15, 0.2) is 0 Å². The lowest BCUT2D eigenvalue weighted by atomic mass is 10.1. The molecule has 0 fully saturated rings. The average molecular weight is 325 g/mol. The number of anilines is 2. The fraction of sp³-hybridized carbons (Fsp3) is 0.533. The number of nitrogens with zero attached hydrogens (tertiary/aromatic N) is 1. The fourth-order valence-corrected chi connectivity index (χ4v) is 3.62. The van der Waals surface area contributed by atoms with E-state index in [0.29, 0.717) is 18.7 Å². The Balaban J connectivity index is 2.17. The van der Waals surface area contributed by atoms with Gasteiger partial charge in [0, 0.05) is 18.3 Å². The number of carbonyl (C=O) groups is 1. The van der Waals surface area contributed by atoms with Crippen LogP contribution in [0.1, 0.15) is 39.2 Å². The summed E-state index contributed by atoms with van der Waals surface area (Å²) in [5.74, 6) is 0.0729. The van der Waals surface area contributed by atoms with E-state index in [9.17, 15) is 13.2 Å². The van der Waals surface area contributed by atoms with E-state index in [1.54, 1.807) is 30.9 Å². The Morgan fingerprint density at radius 3 is 2.68 bits per heavy atom. The molecule has 1 aliphatic heterocycles. The van der Waals surface area contributed by atoms with Crippen LogP contribution in [0.25, 0.3) is 0 Å². The Morgan fingerprint density at radius 1 is 1.32 bits per heavy atom. The molecule has 0 bridgehead atoms. The van der Waals surface area contributed by atoms with E-state index in [0.717, 1.165) is 24.1 Å². The Labute approximate surface area is 132 Å². The first-order valence-corrected chi connectivity index (χ1v) is 9.04. The maximum Gasteiger partial charge on any atom is 0.299 e. The number of nitrogens with one attached hydrogen (secondary N) is 2. The van der Waals surface area contributed by atoms with E-state index in [2.05, 4.69) is 16.4 Å². The zero-order valence-corrected chi connectivity index (χ0v) is 14.0. The first kappa shape index (κ1) is 16.8. The van der Waals surface area contributed by atoms with Crippen LogP contribution >= 0.6 is 0 Å². The molecule has 0 unspecified atom stereocenters. The zero-order valence-electron chi connectivity index (χ0n) is 13.2. The molecule has 7 heteroatoms. The first-order chi connectivity index (χ1) is 10.3. The van der Waals surface area contributed by atoms with Gasteiger partial charge in [0.1, 0.15) is 0 Å². The minimum atomic E-state index is -3.59. The van der Waals surface area contributed by atoms with Crippen molar-refractivity contribution in [1.82, 2.24) is 4.72 Å². The number of amides is 1. The van der Waals surface area contributed by atoms with Gasteiger partial charge >= 0.3 is 0 Å². The summed E-state index contributed by atoms with van der Waals surface area (Å²) in [5, 5.41) is 0. The summed E-state index contributed by atoms with van der Waals surface area (Å²) in [6, 6.07) is 5.05. The third-order valence-corrected chi connectivity index (χ3v) is 4.68. The first-order valence-electron chi connectivity index (χ1n) is 7.55. The van der Waals surface area contributed by atoms with Crippen molar-refractivity contribution < 1.29 is 13.2 Å². The number of unbranched alkanes of at least 4 members (excludes halogenated alkanes) is 1. The van der Waals surface area contributed by atoms with Crippen LogP contribution in [0.5, 0.6) is 0 Å². The topological polar surface area (TPSA) is 78.5 Å². The van der Waals surface area contributed by atoms with Crippen molar-refractivity contribution in [1.29, 1.82) is 0 Å². The summed E-state index contributed by atoms with van der Waals surface area (Å²) in [5.41, 5.74) is 2.22. The van der Waals surface area contributed by atoms with Crippen LogP contribution in [0.2, 0.25) is 0 Å². The maximum atomic E-state index is 12.1. The molecule has 122 valence electrons. The van der Waals surface area contributed by atoms with Gasteiger partial charge in [0.2, 0.25) is 5.91 Å². The van der Waals surface area contributed by atoms with Gasteiger partial charge in [-0.3, -0.25) is 9.52 Å².